The number of halogens is 1. The van der Waals surface area contributed by atoms with Gasteiger partial charge in [0.05, 0.1) is 12.9 Å². The predicted octanol–water partition coefficient (Wildman–Crippen LogP) is 5.41. The Labute approximate surface area is 188 Å². The summed E-state index contributed by atoms with van der Waals surface area (Å²) >= 11 is 7.44. The first-order valence-corrected chi connectivity index (χ1v) is 11.1. The third kappa shape index (κ3) is 4.40. The Bertz CT molecular complexity index is 1250. The summed E-state index contributed by atoms with van der Waals surface area (Å²) in [5, 5.41) is 13.6. The largest absolute Gasteiger partial charge is 0.493 e. The molecule has 31 heavy (non-hydrogen) atoms. The zero-order valence-electron chi connectivity index (χ0n) is 17.3. The van der Waals surface area contributed by atoms with E-state index in [2.05, 4.69) is 15.5 Å². The van der Waals surface area contributed by atoms with Gasteiger partial charge in [0.1, 0.15) is 0 Å². The molecule has 0 spiro atoms. The van der Waals surface area contributed by atoms with Crippen molar-refractivity contribution in [2.24, 2.45) is 0 Å². The number of thioether (sulfide) groups is 1. The van der Waals surface area contributed by atoms with Crippen LogP contribution in [0, 0.1) is 6.92 Å². The van der Waals surface area contributed by atoms with Crippen LogP contribution in [0.15, 0.2) is 52.0 Å². The van der Waals surface area contributed by atoms with E-state index in [4.69, 9.17) is 20.8 Å². The Hall–Kier alpha value is -2.97. The molecule has 0 atom stereocenters. The molecule has 2 aromatic heterocycles. The first kappa shape index (κ1) is 21.3. The zero-order chi connectivity index (χ0) is 22.0. The number of rotatable bonds is 7. The van der Waals surface area contributed by atoms with E-state index < -0.39 is 0 Å². The normalized spacial score (nSPS) is 11.1. The number of fused-ring (bicyclic) bond motifs is 1. The number of methoxy groups -OCH3 is 1. The molecule has 0 aliphatic carbocycles. The fraction of sp³-hybridized carbons (Fsp3) is 0.227. The van der Waals surface area contributed by atoms with E-state index in [-0.39, 0.29) is 11.7 Å². The molecular formula is C22H21ClN4O3S. The summed E-state index contributed by atoms with van der Waals surface area (Å²) in [5.41, 5.74) is 2.28. The van der Waals surface area contributed by atoms with Crippen molar-refractivity contribution in [2.75, 3.05) is 18.2 Å². The Morgan fingerprint density at radius 2 is 2.10 bits per heavy atom. The number of aromatic nitrogens is 3. The van der Waals surface area contributed by atoms with Gasteiger partial charge >= 0.3 is 0 Å². The molecule has 0 radical (unpaired) electrons. The molecule has 1 amide bonds. The number of amides is 1. The maximum Gasteiger partial charge on any atom is 0.234 e. The minimum atomic E-state index is -0.148. The quantitative estimate of drug-likeness (QED) is 0.374. The second-order valence-corrected chi connectivity index (χ2v) is 8.19. The molecule has 4 aromatic rings. The molecule has 9 heteroatoms. The van der Waals surface area contributed by atoms with Crippen molar-refractivity contribution in [2.45, 2.75) is 25.5 Å². The Morgan fingerprint density at radius 1 is 1.26 bits per heavy atom. The molecule has 1 N–H and O–H groups in total. The third-order valence-electron chi connectivity index (χ3n) is 4.77. The van der Waals surface area contributed by atoms with Gasteiger partial charge in [-0.1, -0.05) is 41.6 Å². The second-order valence-electron chi connectivity index (χ2n) is 6.84. The van der Waals surface area contributed by atoms with Gasteiger partial charge in [0.2, 0.25) is 11.7 Å². The van der Waals surface area contributed by atoms with E-state index in [1.165, 1.54) is 11.8 Å². The molecule has 0 bridgehead atoms. The fourth-order valence-electron chi connectivity index (χ4n) is 3.17. The number of carbonyl (C=O) groups excluding carboxylic acids is 1. The predicted molar refractivity (Wildman–Crippen MR) is 123 cm³/mol. The van der Waals surface area contributed by atoms with Gasteiger partial charge in [-0.25, -0.2) is 0 Å². The molecule has 4 rings (SSSR count). The number of hydrogen-bond acceptors (Lipinski definition) is 6. The highest BCUT2D eigenvalue weighted by Gasteiger charge is 2.19. The summed E-state index contributed by atoms with van der Waals surface area (Å²) in [5.74, 6) is 1.91. The molecule has 7 nitrogen and oxygen atoms in total. The van der Waals surface area contributed by atoms with Crippen LogP contribution in [0.5, 0.6) is 5.75 Å². The third-order valence-corrected chi connectivity index (χ3v) is 6.14. The summed E-state index contributed by atoms with van der Waals surface area (Å²) < 4.78 is 13.3. The number of aryl methyl sites for hydroxylation is 1. The number of para-hydroxylation sites is 1. The standard InChI is InChI=1S/C22H21ClN4O3S/c1-4-27-21(18-10-14-6-5-7-17(29-3)20(14)30-18)25-26-22(27)31-12-19(28)24-15-9-8-13(2)16(23)11-15/h5-11H,4,12H2,1-3H3,(H,24,28). The van der Waals surface area contributed by atoms with Crippen LogP contribution in [0.25, 0.3) is 22.6 Å². The topological polar surface area (TPSA) is 82.2 Å². The zero-order valence-corrected chi connectivity index (χ0v) is 18.9. The fourth-order valence-corrected chi connectivity index (χ4v) is 4.15. The molecule has 0 saturated heterocycles. The van der Waals surface area contributed by atoms with Crippen LogP contribution in [0.1, 0.15) is 12.5 Å². The number of benzene rings is 2. The second kappa shape index (κ2) is 9.03. The molecule has 160 valence electrons. The average Bonchev–Trinajstić information content (AvgIpc) is 3.38. The highest BCUT2D eigenvalue weighted by Crippen LogP contribution is 2.33. The molecule has 2 heterocycles. The van der Waals surface area contributed by atoms with Gasteiger partial charge in [-0.05, 0) is 43.7 Å². The summed E-state index contributed by atoms with van der Waals surface area (Å²) in [4.78, 5) is 12.4. The first-order chi connectivity index (χ1) is 15.0. The maximum atomic E-state index is 12.4. The van der Waals surface area contributed by atoms with Gasteiger partial charge in [0.25, 0.3) is 0 Å². The Balaban J connectivity index is 1.50. The van der Waals surface area contributed by atoms with E-state index in [1.807, 2.05) is 54.8 Å². The van der Waals surface area contributed by atoms with E-state index in [0.29, 0.717) is 45.3 Å². The lowest BCUT2D eigenvalue weighted by molar-refractivity contribution is -0.113. The maximum absolute atomic E-state index is 12.4. The van der Waals surface area contributed by atoms with Crippen LogP contribution in [0.2, 0.25) is 5.02 Å². The smallest absolute Gasteiger partial charge is 0.234 e. The van der Waals surface area contributed by atoms with Crippen LogP contribution >= 0.6 is 23.4 Å². The summed E-state index contributed by atoms with van der Waals surface area (Å²) in [6, 6.07) is 13.1. The average molecular weight is 457 g/mol. The SMILES string of the molecule is CCn1c(SCC(=O)Nc2ccc(C)c(Cl)c2)nnc1-c1cc2cccc(OC)c2o1. The van der Waals surface area contributed by atoms with Crippen molar-refractivity contribution in [1.82, 2.24) is 14.8 Å². The summed E-state index contributed by atoms with van der Waals surface area (Å²) in [7, 11) is 1.61. The van der Waals surface area contributed by atoms with E-state index in [0.717, 1.165) is 10.9 Å². The van der Waals surface area contributed by atoms with Crippen LogP contribution in [-0.2, 0) is 11.3 Å². The number of anilines is 1. The minimum absolute atomic E-state index is 0.148. The van der Waals surface area contributed by atoms with Crippen LogP contribution in [-0.4, -0.2) is 33.5 Å². The van der Waals surface area contributed by atoms with Gasteiger partial charge in [-0.3, -0.25) is 9.36 Å². The monoisotopic (exact) mass is 456 g/mol. The lowest BCUT2D eigenvalue weighted by Crippen LogP contribution is -2.14. The number of hydrogen-bond donors (Lipinski definition) is 1. The molecule has 0 aliphatic heterocycles. The number of nitrogens with zero attached hydrogens (tertiary/aromatic N) is 3. The van der Waals surface area contributed by atoms with Crippen molar-refractivity contribution in [1.29, 1.82) is 0 Å². The van der Waals surface area contributed by atoms with Crippen molar-refractivity contribution in [3.05, 3.63) is 53.1 Å². The number of ether oxygens (including phenoxy) is 1. The highest BCUT2D eigenvalue weighted by molar-refractivity contribution is 7.99. The molecular weight excluding hydrogens is 436 g/mol. The summed E-state index contributed by atoms with van der Waals surface area (Å²) in [6.07, 6.45) is 0. The molecule has 0 aliphatic rings. The number of furan rings is 1. The first-order valence-electron chi connectivity index (χ1n) is 9.69. The number of carbonyl (C=O) groups is 1. The Kier molecular flexibility index (Phi) is 6.20. The van der Waals surface area contributed by atoms with Gasteiger partial charge in [-0.15, -0.1) is 10.2 Å². The molecule has 0 fully saturated rings. The van der Waals surface area contributed by atoms with Gasteiger partial charge in [0, 0.05) is 22.6 Å². The van der Waals surface area contributed by atoms with Gasteiger partial charge in [-0.2, -0.15) is 0 Å². The van der Waals surface area contributed by atoms with Crippen LogP contribution < -0.4 is 10.1 Å². The van der Waals surface area contributed by atoms with Crippen LogP contribution in [0.3, 0.4) is 0 Å². The highest BCUT2D eigenvalue weighted by atomic mass is 35.5. The summed E-state index contributed by atoms with van der Waals surface area (Å²) in [6.45, 7) is 4.54. The van der Waals surface area contributed by atoms with E-state index >= 15 is 0 Å². The Morgan fingerprint density at radius 3 is 2.84 bits per heavy atom. The number of nitrogens with one attached hydrogen (secondary N) is 1. The van der Waals surface area contributed by atoms with Crippen molar-refractivity contribution >= 4 is 45.9 Å². The van der Waals surface area contributed by atoms with E-state index in [1.54, 1.807) is 13.2 Å². The van der Waals surface area contributed by atoms with Crippen LogP contribution in [0.4, 0.5) is 5.69 Å². The van der Waals surface area contributed by atoms with Gasteiger partial charge in [0.15, 0.2) is 22.2 Å². The molecule has 0 unspecified atom stereocenters. The van der Waals surface area contributed by atoms with Crippen molar-refractivity contribution in [3.63, 3.8) is 0 Å². The lowest BCUT2D eigenvalue weighted by Gasteiger charge is -2.08. The lowest BCUT2D eigenvalue weighted by atomic mass is 10.2. The van der Waals surface area contributed by atoms with Crippen molar-refractivity contribution in [3.8, 4) is 17.3 Å². The molecule has 0 saturated carbocycles. The minimum Gasteiger partial charge on any atom is -0.493 e. The van der Waals surface area contributed by atoms with Gasteiger partial charge < -0.3 is 14.5 Å². The van der Waals surface area contributed by atoms with Crippen molar-refractivity contribution < 1.29 is 13.9 Å². The molecule has 2 aromatic carbocycles. The van der Waals surface area contributed by atoms with E-state index in [9.17, 15) is 4.79 Å².